The first-order valence-corrected chi connectivity index (χ1v) is 10.4. The number of furan rings is 1. The van der Waals surface area contributed by atoms with Crippen LogP contribution in [-0.4, -0.2) is 28.0 Å². The van der Waals surface area contributed by atoms with Crippen LogP contribution in [0.3, 0.4) is 0 Å². The van der Waals surface area contributed by atoms with Gasteiger partial charge in [-0.15, -0.1) is 0 Å². The Balaban J connectivity index is 1.36. The molecule has 4 atom stereocenters. The molecule has 1 saturated carbocycles. The number of nitrogens with zero attached hydrogens (tertiary/aromatic N) is 3. The number of hydrogen-bond donors (Lipinski definition) is 0. The molecule has 30 heavy (non-hydrogen) atoms. The number of rotatable bonds is 4. The van der Waals surface area contributed by atoms with Gasteiger partial charge in [0.15, 0.2) is 0 Å². The fourth-order valence-corrected chi connectivity index (χ4v) is 5.23. The zero-order valence-electron chi connectivity index (χ0n) is 15.6. The van der Waals surface area contributed by atoms with Gasteiger partial charge < -0.3 is 4.42 Å². The monoisotopic (exact) mass is 469 g/mol. The van der Waals surface area contributed by atoms with E-state index in [2.05, 4.69) is 33.2 Å². The van der Waals surface area contributed by atoms with Crippen LogP contribution in [0.1, 0.15) is 18.6 Å². The lowest BCUT2D eigenvalue weighted by Gasteiger charge is -2.37. The summed E-state index contributed by atoms with van der Waals surface area (Å²) in [4.78, 5) is 36.0. The van der Waals surface area contributed by atoms with Crippen LogP contribution < -0.4 is 0 Å². The minimum atomic E-state index is -0.474. The summed E-state index contributed by atoms with van der Waals surface area (Å²) in [7, 11) is 0. The van der Waals surface area contributed by atoms with E-state index < -0.39 is 4.92 Å². The largest absolute Gasteiger partial charge is 0.455 e. The van der Waals surface area contributed by atoms with Crippen molar-refractivity contribution in [2.45, 2.75) is 12.8 Å². The highest BCUT2D eigenvalue weighted by Gasteiger charge is 2.56. The molecule has 2 aromatic rings. The summed E-state index contributed by atoms with van der Waals surface area (Å²) in [5.74, 6) is -0.0172. The minimum absolute atomic E-state index is 0.0325. The number of fused-ring (bicyclic) bond motifs is 1. The first kappa shape index (κ1) is 18.9. The highest BCUT2D eigenvalue weighted by atomic mass is 79.9. The zero-order chi connectivity index (χ0) is 21.0. The smallest absolute Gasteiger partial charge is 0.270 e. The summed E-state index contributed by atoms with van der Waals surface area (Å²) >= 11 is 3.32. The van der Waals surface area contributed by atoms with Gasteiger partial charge in [-0.25, -0.2) is 0 Å². The van der Waals surface area contributed by atoms with Gasteiger partial charge in [0.25, 0.3) is 17.5 Å². The molecule has 1 aliphatic heterocycles. The number of benzene rings is 1. The lowest BCUT2D eigenvalue weighted by molar-refractivity contribution is -0.384. The maximum absolute atomic E-state index is 12.8. The van der Waals surface area contributed by atoms with E-state index in [0.717, 1.165) is 17.9 Å². The van der Waals surface area contributed by atoms with Gasteiger partial charge in [0, 0.05) is 22.2 Å². The summed E-state index contributed by atoms with van der Waals surface area (Å²) in [5, 5.41) is 16.0. The molecule has 4 aliphatic rings. The molecule has 9 heteroatoms. The van der Waals surface area contributed by atoms with Gasteiger partial charge in [-0.3, -0.25) is 19.7 Å². The Bertz CT molecular complexity index is 1110. The van der Waals surface area contributed by atoms with Crippen LogP contribution in [0.25, 0.3) is 11.3 Å². The van der Waals surface area contributed by atoms with E-state index in [9.17, 15) is 19.7 Å². The molecule has 0 radical (unpaired) electrons. The SMILES string of the molecule is O=C1[C@@H]2[C@@H](C(=O)N1/N=C\c1ccc(-c3ccc([N+](=O)[O-])cc3Br)o1)[C@@H]1C=C[C@@H]2CC1. The van der Waals surface area contributed by atoms with Crippen LogP contribution in [-0.2, 0) is 9.59 Å². The number of hydrogen-bond acceptors (Lipinski definition) is 6. The van der Waals surface area contributed by atoms with Crippen molar-refractivity contribution in [1.29, 1.82) is 0 Å². The van der Waals surface area contributed by atoms with Gasteiger partial charge in [0.1, 0.15) is 11.5 Å². The van der Waals surface area contributed by atoms with Crippen LogP contribution in [0.5, 0.6) is 0 Å². The predicted molar refractivity (Wildman–Crippen MR) is 110 cm³/mol. The van der Waals surface area contributed by atoms with E-state index in [0.29, 0.717) is 21.6 Å². The average Bonchev–Trinajstić information content (AvgIpc) is 3.31. The molecule has 2 fully saturated rings. The predicted octanol–water partition coefficient (Wildman–Crippen LogP) is 4.15. The van der Waals surface area contributed by atoms with E-state index in [1.54, 1.807) is 18.2 Å². The third-order valence-corrected chi connectivity index (χ3v) is 6.75. The molecule has 2 amide bonds. The minimum Gasteiger partial charge on any atom is -0.455 e. The molecule has 152 valence electrons. The standard InChI is InChI=1S/C21H16BrN3O5/c22-16-9-13(25(28)29)5-7-15(16)17-8-6-14(30-17)10-23-24-20(26)18-11-1-2-12(4-3-11)19(18)21(24)27/h1-2,5-12,18-19H,3-4H2/b23-10-/t11-,12-,18+,19+/m1/s1. The quantitative estimate of drug-likeness (QED) is 0.220. The third kappa shape index (κ3) is 2.92. The summed E-state index contributed by atoms with van der Waals surface area (Å²) in [6.45, 7) is 0. The number of halogens is 1. The molecule has 6 rings (SSSR count). The molecule has 1 aromatic carbocycles. The Morgan fingerprint density at radius 1 is 1.10 bits per heavy atom. The number of nitro groups is 1. The van der Waals surface area contributed by atoms with Gasteiger partial charge in [-0.1, -0.05) is 12.2 Å². The second-order valence-electron chi connectivity index (χ2n) is 7.70. The van der Waals surface area contributed by atoms with E-state index in [4.69, 9.17) is 4.42 Å². The number of amides is 2. The topological polar surface area (TPSA) is 106 Å². The van der Waals surface area contributed by atoms with Crippen molar-refractivity contribution in [3.63, 3.8) is 0 Å². The van der Waals surface area contributed by atoms with Gasteiger partial charge in [-0.05, 0) is 58.8 Å². The van der Waals surface area contributed by atoms with Gasteiger partial charge >= 0.3 is 0 Å². The Morgan fingerprint density at radius 3 is 2.33 bits per heavy atom. The second kappa shape index (κ2) is 7.02. The Labute approximate surface area is 179 Å². The molecule has 0 N–H and O–H groups in total. The highest BCUT2D eigenvalue weighted by Crippen LogP contribution is 2.49. The first-order chi connectivity index (χ1) is 14.4. The number of imide groups is 1. The average molecular weight is 470 g/mol. The van der Waals surface area contributed by atoms with Crippen molar-refractivity contribution in [3.8, 4) is 11.3 Å². The van der Waals surface area contributed by atoms with Crippen molar-refractivity contribution in [2.24, 2.45) is 28.8 Å². The van der Waals surface area contributed by atoms with Crippen LogP contribution in [0.4, 0.5) is 5.69 Å². The van der Waals surface area contributed by atoms with Gasteiger partial charge in [0.2, 0.25) is 0 Å². The number of carbonyl (C=O) groups excluding carboxylic acids is 2. The van der Waals surface area contributed by atoms with Crippen molar-refractivity contribution in [3.05, 3.63) is 62.8 Å². The van der Waals surface area contributed by atoms with E-state index in [1.165, 1.54) is 18.3 Å². The first-order valence-electron chi connectivity index (χ1n) is 9.58. The number of hydrazone groups is 1. The van der Waals surface area contributed by atoms with E-state index in [1.807, 2.05) is 0 Å². The second-order valence-corrected chi connectivity index (χ2v) is 8.55. The van der Waals surface area contributed by atoms with Crippen molar-refractivity contribution in [1.82, 2.24) is 5.01 Å². The van der Waals surface area contributed by atoms with E-state index >= 15 is 0 Å². The molecule has 2 bridgehead atoms. The number of carbonyl (C=O) groups is 2. The molecule has 0 spiro atoms. The molecule has 1 saturated heterocycles. The van der Waals surface area contributed by atoms with Gasteiger partial charge in [0.05, 0.1) is 23.0 Å². The molecule has 2 heterocycles. The van der Waals surface area contributed by atoms with Crippen molar-refractivity contribution in [2.75, 3.05) is 0 Å². The van der Waals surface area contributed by atoms with Crippen LogP contribution >= 0.6 is 15.9 Å². The van der Waals surface area contributed by atoms with Gasteiger partial charge in [-0.2, -0.15) is 10.1 Å². The lowest BCUT2D eigenvalue weighted by Crippen LogP contribution is -2.38. The summed E-state index contributed by atoms with van der Waals surface area (Å²) in [5.41, 5.74) is 0.609. The fraction of sp³-hybridized carbons (Fsp3) is 0.286. The zero-order valence-corrected chi connectivity index (χ0v) is 17.2. The lowest BCUT2D eigenvalue weighted by atomic mass is 9.63. The maximum atomic E-state index is 12.8. The summed E-state index contributed by atoms with van der Waals surface area (Å²) < 4.78 is 6.26. The van der Waals surface area contributed by atoms with Crippen molar-refractivity contribution >= 4 is 39.6 Å². The van der Waals surface area contributed by atoms with Crippen LogP contribution in [0.2, 0.25) is 0 Å². The molecule has 3 aliphatic carbocycles. The number of non-ortho nitro benzene ring substituents is 1. The van der Waals surface area contributed by atoms with E-state index in [-0.39, 0.29) is 41.2 Å². The Morgan fingerprint density at radius 2 is 1.77 bits per heavy atom. The Kier molecular flexibility index (Phi) is 4.43. The summed E-state index contributed by atoms with van der Waals surface area (Å²) in [6, 6.07) is 7.74. The fourth-order valence-electron chi connectivity index (χ4n) is 4.67. The maximum Gasteiger partial charge on any atom is 0.270 e. The normalized spacial score (nSPS) is 27.3. The summed E-state index contributed by atoms with van der Waals surface area (Å²) in [6.07, 6.45) is 7.35. The van der Waals surface area contributed by atoms with Crippen LogP contribution in [0, 0.1) is 33.8 Å². The molecular weight excluding hydrogens is 454 g/mol. The molecule has 1 aromatic heterocycles. The number of nitro benzene ring substituents is 1. The third-order valence-electron chi connectivity index (χ3n) is 6.09. The Hall–Kier alpha value is -3.07. The van der Waals surface area contributed by atoms with Crippen molar-refractivity contribution < 1.29 is 18.9 Å². The van der Waals surface area contributed by atoms with Crippen LogP contribution in [0.15, 0.2) is 56.5 Å². The highest BCUT2D eigenvalue weighted by molar-refractivity contribution is 9.10. The molecular formula is C21H16BrN3O5. The molecule has 8 nitrogen and oxygen atoms in total. The molecule has 0 unspecified atom stereocenters. The number of allylic oxidation sites excluding steroid dienone is 2.